The zero-order chi connectivity index (χ0) is 10.7. The Kier molecular flexibility index (Phi) is 2.66. The molecule has 0 saturated carbocycles. The Hall–Kier alpha value is -1.86. The number of hydroxylamine groups is 2. The van der Waals surface area contributed by atoms with Crippen LogP contribution in [0.5, 0.6) is 0 Å². The minimum absolute atomic E-state index is 0.142. The highest BCUT2D eigenvalue weighted by molar-refractivity contribution is 5.93. The molecule has 4 nitrogen and oxygen atoms in total. The number of rotatable bonds is 1. The smallest absolute Gasteiger partial charge is 0.271 e. The van der Waals surface area contributed by atoms with Crippen LogP contribution in [0.1, 0.15) is 22.3 Å². The van der Waals surface area contributed by atoms with Gasteiger partial charge in [0.1, 0.15) is 0 Å². The molecule has 0 N–H and O–H groups in total. The van der Waals surface area contributed by atoms with Gasteiger partial charge in [-0.2, -0.15) is 5.26 Å². The van der Waals surface area contributed by atoms with Crippen molar-refractivity contribution in [3.8, 4) is 6.07 Å². The van der Waals surface area contributed by atoms with Crippen molar-refractivity contribution in [2.45, 2.75) is 6.42 Å². The molecule has 0 aliphatic carbocycles. The van der Waals surface area contributed by atoms with Crippen molar-refractivity contribution in [1.82, 2.24) is 5.06 Å². The lowest BCUT2D eigenvalue weighted by Gasteiger charge is -2.13. The topological polar surface area (TPSA) is 53.3 Å². The molecule has 1 heterocycles. The van der Waals surface area contributed by atoms with Crippen LogP contribution in [0.15, 0.2) is 24.3 Å². The monoisotopic (exact) mass is 202 g/mol. The van der Waals surface area contributed by atoms with E-state index in [1.54, 1.807) is 24.3 Å². The molecule has 0 unspecified atom stereocenters. The van der Waals surface area contributed by atoms with E-state index in [1.165, 1.54) is 5.06 Å². The number of nitriles is 1. The second-order valence-electron chi connectivity index (χ2n) is 3.28. The van der Waals surface area contributed by atoms with Gasteiger partial charge in [-0.3, -0.25) is 9.63 Å². The van der Waals surface area contributed by atoms with Crippen LogP contribution in [-0.2, 0) is 4.84 Å². The van der Waals surface area contributed by atoms with Gasteiger partial charge in [0, 0.05) is 5.56 Å². The third-order valence-electron chi connectivity index (χ3n) is 2.24. The number of carbonyl (C=O) groups is 1. The molecule has 0 atom stereocenters. The molecule has 1 fully saturated rings. The summed E-state index contributed by atoms with van der Waals surface area (Å²) in [6.45, 7) is 1.24. The Morgan fingerprint density at radius 1 is 1.40 bits per heavy atom. The predicted molar refractivity (Wildman–Crippen MR) is 52.8 cm³/mol. The second kappa shape index (κ2) is 4.11. The Balaban J connectivity index is 2.15. The SMILES string of the molecule is N#Cc1ccc(C(=O)N2CCCO2)cc1. The molecular weight excluding hydrogens is 192 g/mol. The van der Waals surface area contributed by atoms with Crippen molar-refractivity contribution in [2.24, 2.45) is 0 Å². The fourth-order valence-electron chi connectivity index (χ4n) is 1.44. The van der Waals surface area contributed by atoms with E-state index >= 15 is 0 Å². The molecule has 1 aromatic carbocycles. The first-order valence-corrected chi connectivity index (χ1v) is 4.76. The first kappa shape index (κ1) is 9.69. The maximum atomic E-state index is 11.8. The van der Waals surface area contributed by atoms with Crippen LogP contribution in [0.25, 0.3) is 0 Å². The van der Waals surface area contributed by atoms with E-state index in [0.29, 0.717) is 24.3 Å². The zero-order valence-electron chi connectivity index (χ0n) is 8.14. The summed E-state index contributed by atoms with van der Waals surface area (Å²) in [5.74, 6) is -0.142. The van der Waals surface area contributed by atoms with Crippen molar-refractivity contribution in [2.75, 3.05) is 13.2 Å². The second-order valence-corrected chi connectivity index (χ2v) is 3.28. The maximum Gasteiger partial charge on any atom is 0.277 e. The predicted octanol–water partition coefficient (Wildman–Crippen LogP) is 1.34. The largest absolute Gasteiger partial charge is 0.277 e. The lowest BCUT2D eigenvalue weighted by atomic mass is 10.1. The Morgan fingerprint density at radius 2 is 2.13 bits per heavy atom. The maximum absolute atomic E-state index is 11.8. The molecule has 1 saturated heterocycles. The number of amides is 1. The van der Waals surface area contributed by atoms with Gasteiger partial charge in [-0.15, -0.1) is 0 Å². The van der Waals surface area contributed by atoms with Crippen molar-refractivity contribution >= 4 is 5.91 Å². The van der Waals surface area contributed by atoms with Crippen molar-refractivity contribution in [3.63, 3.8) is 0 Å². The Morgan fingerprint density at radius 3 is 2.67 bits per heavy atom. The van der Waals surface area contributed by atoms with Gasteiger partial charge in [0.15, 0.2) is 0 Å². The van der Waals surface area contributed by atoms with Gasteiger partial charge >= 0.3 is 0 Å². The van der Waals surface area contributed by atoms with Crippen molar-refractivity contribution in [3.05, 3.63) is 35.4 Å². The van der Waals surface area contributed by atoms with Gasteiger partial charge in [0.25, 0.3) is 5.91 Å². The average molecular weight is 202 g/mol. The van der Waals surface area contributed by atoms with Crippen LogP contribution in [-0.4, -0.2) is 24.1 Å². The van der Waals surface area contributed by atoms with Gasteiger partial charge in [0.05, 0.1) is 24.8 Å². The minimum atomic E-state index is -0.142. The van der Waals surface area contributed by atoms with E-state index < -0.39 is 0 Å². The van der Waals surface area contributed by atoms with Gasteiger partial charge in [-0.1, -0.05) is 0 Å². The van der Waals surface area contributed by atoms with E-state index in [2.05, 4.69) is 0 Å². The van der Waals surface area contributed by atoms with Gasteiger partial charge in [-0.25, -0.2) is 5.06 Å². The van der Waals surface area contributed by atoms with E-state index in [0.717, 1.165) is 6.42 Å². The summed E-state index contributed by atoms with van der Waals surface area (Å²) >= 11 is 0. The van der Waals surface area contributed by atoms with E-state index in [1.807, 2.05) is 6.07 Å². The number of nitrogens with zero attached hydrogens (tertiary/aromatic N) is 2. The molecule has 1 aromatic rings. The normalized spacial score (nSPS) is 15.0. The van der Waals surface area contributed by atoms with Gasteiger partial charge in [-0.05, 0) is 30.7 Å². The molecule has 15 heavy (non-hydrogen) atoms. The lowest BCUT2D eigenvalue weighted by molar-refractivity contribution is -0.0768. The van der Waals surface area contributed by atoms with Crippen LogP contribution < -0.4 is 0 Å². The molecule has 0 spiro atoms. The molecule has 1 amide bonds. The zero-order valence-corrected chi connectivity index (χ0v) is 8.14. The molecule has 1 aliphatic heterocycles. The first-order valence-electron chi connectivity index (χ1n) is 4.76. The highest BCUT2D eigenvalue weighted by Crippen LogP contribution is 2.11. The first-order chi connectivity index (χ1) is 7.31. The molecular formula is C11H10N2O2. The molecule has 2 rings (SSSR count). The van der Waals surface area contributed by atoms with Crippen molar-refractivity contribution < 1.29 is 9.63 Å². The molecule has 0 aromatic heterocycles. The summed E-state index contributed by atoms with van der Waals surface area (Å²) < 4.78 is 0. The van der Waals surface area contributed by atoms with Crippen LogP contribution >= 0.6 is 0 Å². The van der Waals surface area contributed by atoms with E-state index in [9.17, 15) is 4.79 Å². The summed E-state index contributed by atoms with van der Waals surface area (Å²) in [5.41, 5.74) is 1.10. The number of benzene rings is 1. The van der Waals surface area contributed by atoms with E-state index in [-0.39, 0.29) is 5.91 Å². The molecule has 0 radical (unpaired) electrons. The Bertz CT molecular complexity index is 400. The van der Waals surface area contributed by atoms with Crippen LogP contribution in [0.3, 0.4) is 0 Å². The fourth-order valence-corrected chi connectivity index (χ4v) is 1.44. The highest BCUT2D eigenvalue weighted by atomic mass is 16.7. The lowest BCUT2D eigenvalue weighted by Crippen LogP contribution is -2.26. The van der Waals surface area contributed by atoms with Crippen LogP contribution in [0.4, 0.5) is 0 Å². The quantitative estimate of drug-likeness (QED) is 0.690. The van der Waals surface area contributed by atoms with Gasteiger partial charge < -0.3 is 0 Å². The van der Waals surface area contributed by atoms with Gasteiger partial charge in [0.2, 0.25) is 0 Å². The average Bonchev–Trinajstić information content (AvgIpc) is 2.82. The van der Waals surface area contributed by atoms with Crippen molar-refractivity contribution in [1.29, 1.82) is 5.26 Å². The Labute approximate surface area is 87.6 Å². The third kappa shape index (κ3) is 1.97. The third-order valence-corrected chi connectivity index (χ3v) is 2.24. The van der Waals surface area contributed by atoms with E-state index in [4.69, 9.17) is 10.1 Å². The number of hydrogen-bond donors (Lipinski definition) is 0. The number of carbonyl (C=O) groups excluding carboxylic acids is 1. The molecule has 0 bridgehead atoms. The van der Waals surface area contributed by atoms with Crippen LogP contribution in [0, 0.1) is 11.3 Å². The minimum Gasteiger partial charge on any atom is -0.271 e. The highest BCUT2D eigenvalue weighted by Gasteiger charge is 2.20. The number of hydrogen-bond acceptors (Lipinski definition) is 3. The molecule has 4 heteroatoms. The molecule has 76 valence electrons. The molecule has 1 aliphatic rings. The summed E-state index contributed by atoms with van der Waals surface area (Å²) in [6, 6.07) is 8.55. The summed E-state index contributed by atoms with van der Waals surface area (Å²) in [7, 11) is 0. The summed E-state index contributed by atoms with van der Waals surface area (Å²) in [4.78, 5) is 16.9. The fraction of sp³-hybridized carbons (Fsp3) is 0.273. The summed E-state index contributed by atoms with van der Waals surface area (Å²) in [6.07, 6.45) is 0.877. The standard InChI is InChI=1S/C11H10N2O2/c12-8-9-2-4-10(5-3-9)11(14)13-6-1-7-15-13/h2-5H,1,6-7H2. The van der Waals surface area contributed by atoms with Crippen LogP contribution in [0.2, 0.25) is 0 Å². The summed E-state index contributed by atoms with van der Waals surface area (Å²) in [5, 5.41) is 9.97.